The molecule has 14 heavy (non-hydrogen) atoms. The first kappa shape index (κ1) is 12.9. The maximum atomic E-state index is 11.8. The van der Waals surface area contributed by atoms with Gasteiger partial charge in [0.05, 0.1) is 5.54 Å². The van der Waals surface area contributed by atoms with Gasteiger partial charge in [-0.25, -0.2) is 0 Å². The van der Waals surface area contributed by atoms with Crippen LogP contribution in [0.2, 0.25) is 0 Å². The van der Waals surface area contributed by atoms with Crippen LogP contribution in [0.3, 0.4) is 0 Å². The van der Waals surface area contributed by atoms with Crippen molar-refractivity contribution >= 4 is 11.7 Å². The molecule has 0 fully saturated rings. The number of ketones is 1. The van der Waals surface area contributed by atoms with Crippen LogP contribution in [-0.2, 0) is 9.59 Å². The van der Waals surface area contributed by atoms with Crippen LogP contribution in [0.25, 0.3) is 0 Å². The highest BCUT2D eigenvalue weighted by Gasteiger charge is 2.33. The first-order valence-corrected chi connectivity index (χ1v) is 4.86. The average molecular weight is 197 g/mol. The van der Waals surface area contributed by atoms with E-state index in [0.29, 0.717) is 6.42 Å². The Bertz CT molecular complexity index is 246. The van der Waals surface area contributed by atoms with E-state index in [0.717, 1.165) is 0 Å². The van der Waals surface area contributed by atoms with E-state index < -0.39 is 5.54 Å². The van der Waals surface area contributed by atoms with E-state index in [9.17, 15) is 9.59 Å². The first-order valence-electron chi connectivity index (χ1n) is 4.86. The zero-order valence-electron chi connectivity index (χ0n) is 9.39. The predicted molar refractivity (Wildman–Crippen MR) is 56.9 cm³/mol. The number of hydrogen-bond acceptors (Lipinski definition) is 2. The second kappa shape index (κ2) is 4.94. The summed E-state index contributed by atoms with van der Waals surface area (Å²) in [5.41, 5.74) is -0.764. The van der Waals surface area contributed by atoms with Gasteiger partial charge in [-0.1, -0.05) is 27.4 Å². The fraction of sp³-hybridized carbons (Fsp3) is 0.636. The van der Waals surface area contributed by atoms with Crippen molar-refractivity contribution < 1.29 is 9.59 Å². The summed E-state index contributed by atoms with van der Waals surface area (Å²) in [6.45, 7) is 10.6. The van der Waals surface area contributed by atoms with Crippen molar-refractivity contribution in [2.24, 2.45) is 5.92 Å². The summed E-state index contributed by atoms with van der Waals surface area (Å²) in [6, 6.07) is 0. The minimum Gasteiger partial charge on any atom is -0.340 e. The Morgan fingerprint density at radius 3 is 2.29 bits per heavy atom. The molecular weight excluding hydrogens is 178 g/mol. The van der Waals surface area contributed by atoms with Crippen LogP contribution in [0, 0.1) is 5.92 Å². The van der Waals surface area contributed by atoms with E-state index in [-0.39, 0.29) is 17.6 Å². The number of carbonyl (C=O) groups is 2. The average Bonchev–Trinajstić information content (AvgIpc) is 2.15. The van der Waals surface area contributed by atoms with E-state index in [2.05, 4.69) is 11.9 Å². The van der Waals surface area contributed by atoms with Crippen LogP contribution in [0.4, 0.5) is 0 Å². The van der Waals surface area contributed by atoms with Crippen molar-refractivity contribution in [3.63, 3.8) is 0 Å². The van der Waals surface area contributed by atoms with E-state index in [1.165, 1.54) is 6.08 Å². The van der Waals surface area contributed by atoms with E-state index in [1.54, 1.807) is 6.92 Å². The third-order valence-corrected chi connectivity index (χ3v) is 2.36. The Morgan fingerprint density at radius 2 is 2.00 bits per heavy atom. The number of hydrogen-bond donors (Lipinski definition) is 1. The molecule has 3 heteroatoms. The summed E-state index contributed by atoms with van der Waals surface area (Å²) in [7, 11) is 0. The predicted octanol–water partition coefficient (Wildman–Crippen LogP) is 1.68. The van der Waals surface area contributed by atoms with Crippen LogP contribution in [-0.4, -0.2) is 17.2 Å². The molecule has 0 rings (SSSR count). The monoisotopic (exact) mass is 197 g/mol. The standard InChI is InChI=1S/C11H19NO2/c1-6-9(13)12-11(5,7-2)10(14)8(3)4/h6,8H,1,7H2,2-5H3,(H,12,13). The largest absolute Gasteiger partial charge is 0.340 e. The molecule has 0 heterocycles. The highest BCUT2D eigenvalue weighted by atomic mass is 16.2. The molecule has 0 aliphatic heterocycles. The molecule has 1 unspecified atom stereocenters. The molecule has 0 spiro atoms. The van der Waals surface area contributed by atoms with Gasteiger partial charge in [0.25, 0.3) is 0 Å². The van der Waals surface area contributed by atoms with Crippen LogP contribution >= 0.6 is 0 Å². The SMILES string of the molecule is C=CC(=O)NC(C)(CC)C(=O)C(C)C. The van der Waals surface area contributed by atoms with Gasteiger partial charge in [-0.3, -0.25) is 9.59 Å². The third kappa shape index (κ3) is 2.98. The normalized spacial score (nSPS) is 14.6. The number of carbonyl (C=O) groups excluding carboxylic acids is 2. The molecule has 3 nitrogen and oxygen atoms in total. The molecule has 0 aromatic rings. The molecule has 0 aromatic carbocycles. The molecule has 1 amide bonds. The molecule has 1 N–H and O–H groups in total. The summed E-state index contributed by atoms with van der Waals surface area (Å²) >= 11 is 0. The van der Waals surface area contributed by atoms with Gasteiger partial charge < -0.3 is 5.32 Å². The summed E-state index contributed by atoms with van der Waals surface area (Å²) < 4.78 is 0. The van der Waals surface area contributed by atoms with Crippen molar-refractivity contribution in [3.8, 4) is 0 Å². The number of Topliss-reactive ketones (excluding diaryl/α,β-unsaturated/α-hetero) is 1. The molecule has 0 aliphatic rings. The molecule has 0 aliphatic carbocycles. The number of amides is 1. The molecule has 1 atom stereocenters. The van der Waals surface area contributed by atoms with Crippen molar-refractivity contribution in [3.05, 3.63) is 12.7 Å². The van der Waals surface area contributed by atoms with Gasteiger partial charge in [0, 0.05) is 5.92 Å². The Balaban J connectivity index is 4.71. The minimum atomic E-state index is -0.764. The molecular formula is C11H19NO2. The van der Waals surface area contributed by atoms with Gasteiger partial charge in [0.2, 0.25) is 5.91 Å². The van der Waals surface area contributed by atoms with Crippen LogP contribution in [0.1, 0.15) is 34.1 Å². The Kier molecular flexibility index (Phi) is 4.54. The molecule has 0 bridgehead atoms. The summed E-state index contributed by atoms with van der Waals surface area (Å²) in [5, 5.41) is 2.67. The quantitative estimate of drug-likeness (QED) is 0.682. The van der Waals surface area contributed by atoms with Crippen LogP contribution in [0.5, 0.6) is 0 Å². The summed E-state index contributed by atoms with van der Waals surface area (Å²) in [5.74, 6) is -0.330. The number of rotatable bonds is 5. The lowest BCUT2D eigenvalue weighted by Crippen LogP contribution is -2.52. The summed E-state index contributed by atoms with van der Waals surface area (Å²) in [6.07, 6.45) is 1.77. The molecule has 0 saturated heterocycles. The van der Waals surface area contributed by atoms with Crippen LogP contribution in [0.15, 0.2) is 12.7 Å². The fourth-order valence-corrected chi connectivity index (χ4v) is 1.28. The maximum Gasteiger partial charge on any atom is 0.244 e. The van der Waals surface area contributed by atoms with Crippen molar-refractivity contribution in [1.82, 2.24) is 5.32 Å². The highest BCUT2D eigenvalue weighted by molar-refractivity contribution is 5.96. The van der Waals surface area contributed by atoms with Gasteiger partial charge >= 0.3 is 0 Å². The second-order valence-corrected chi connectivity index (χ2v) is 3.90. The zero-order valence-corrected chi connectivity index (χ0v) is 9.39. The van der Waals surface area contributed by atoms with Crippen molar-refractivity contribution in [2.45, 2.75) is 39.7 Å². The minimum absolute atomic E-state index is 0.0511. The Morgan fingerprint density at radius 1 is 1.50 bits per heavy atom. The van der Waals surface area contributed by atoms with Gasteiger partial charge in [-0.2, -0.15) is 0 Å². The van der Waals surface area contributed by atoms with Gasteiger partial charge in [-0.05, 0) is 19.4 Å². The van der Waals surface area contributed by atoms with E-state index in [1.807, 2.05) is 20.8 Å². The molecule has 0 radical (unpaired) electrons. The fourth-order valence-electron chi connectivity index (χ4n) is 1.28. The summed E-state index contributed by atoms with van der Waals surface area (Å²) in [4.78, 5) is 22.9. The third-order valence-electron chi connectivity index (χ3n) is 2.36. The van der Waals surface area contributed by atoms with Gasteiger partial charge in [-0.15, -0.1) is 0 Å². The second-order valence-electron chi connectivity index (χ2n) is 3.90. The lowest BCUT2D eigenvalue weighted by Gasteiger charge is -2.29. The lowest BCUT2D eigenvalue weighted by atomic mass is 9.86. The van der Waals surface area contributed by atoms with E-state index in [4.69, 9.17) is 0 Å². The smallest absolute Gasteiger partial charge is 0.244 e. The molecule has 0 saturated carbocycles. The van der Waals surface area contributed by atoms with Crippen LogP contribution < -0.4 is 5.32 Å². The topological polar surface area (TPSA) is 46.2 Å². The van der Waals surface area contributed by atoms with Gasteiger partial charge in [0.15, 0.2) is 5.78 Å². The Labute approximate surface area is 85.6 Å². The Hall–Kier alpha value is -1.12. The maximum absolute atomic E-state index is 11.8. The first-order chi connectivity index (χ1) is 6.37. The molecule has 0 aromatic heterocycles. The highest BCUT2D eigenvalue weighted by Crippen LogP contribution is 2.16. The number of nitrogens with one attached hydrogen (secondary N) is 1. The van der Waals surface area contributed by atoms with Crippen molar-refractivity contribution in [1.29, 1.82) is 0 Å². The van der Waals surface area contributed by atoms with E-state index >= 15 is 0 Å². The molecule has 80 valence electrons. The van der Waals surface area contributed by atoms with Crippen molar-refractivity contribution in [2.75, 3.05) is 0 Å². The zero-order chi connectivity index (χ0) is 11.4. The lowest BCUT2D eigenvalue weighted by molar-refractivity contribution is -0.132. The van der Waals surface area contributed by atoms with Gasteiger partial charge in [0.1, 0.15) is 0 Å².